The van der Waals surface area contributed by atoms with E-state index in [4.69, 9.17) is 6.42 Å². The van der Waals surface area contributed by atoms with E-state index in [1.165, 1.54) is 11.1 Å². The average molecular weight is 185 g/mol. The number of terminal acetylenes is 1. The van der Waals surface area contributed by atoms with E-state index < -0.39 is 0 Å². The molecule has 0 fully saturated rings. The second-order valence-corrected chi connectivity index (χ2v) is 3.84. The van der Waals surface area contributed by atoms with Gasteiger partial charge in [-0.2, -0.15) is 0 Å². The molecule has 1 aliphatic rings. The number of hydrogen-bond acceptors (Lipinski definition) is 1. The van der Waals surface area contributed by atoms with Crippen LogP contribution in [0.4, 0.5) is 0 Å². The predicted molar refractivity (Wildman–Crippen MR) is 58.9 cm³/mol. The van der Waals surface area contributed by atoms with Gasteiger partial charge in [-0.1, -0.05) is 24.3 Å². The van der Waals surface area contributed by atoms with Crippen molar-refractivity contribution in [2.24, 2.45) is 5.92 Å². The Balaban J connectivity index is 2.36. The van der Waals surface area contributed by atoms with Crippen LogP contribution in [0, 0.1) is 18.3 Å². The van der Waals surface area contributed by atoms with Gasteiger partial charge in [0.2, 0.25) is 0 Å². The summed E-state index contributed by atoms with van der Waals surface area (Å²) in [6.45, 7) is 3.13. The highest BCUT2D eigenvalue weighted by Crippen LogP contribution is 2.27. The van der Waals surface area contributed by atoms with Gasteiger partial charge < -0.3 is 5.32 Å². The van der Waals surface area contributed by atoms with E-state index in [9.17, 15) is 0 Å². The molecule has 72 valence electrons. The molecule has 1 aromatic rings. The van der Waals surface area contributed by atoms with E-state index in [0.717, 1.165) is 13.0 Å². The number of benzene rings is 1. The summed E-state index contributed by atoms with van der Waals surface area (Å²) in [6.07, 6.45) is 6.59. The monoisotopic (exact) mass is 185 g/mol. The normalized spacial score (nSPS) is 22.1. The van der Waals surface area contributed by atoms with E-state index >= 15 is 0 Å². The van der Waals surface area contributed by atoms with Gasteiger partial charge in [0.1, 0.15) is 0 Å². The van der Waals surface area contributed by atoms with Crippen LogP contribution in [-0.4, -0.2) is 6.54 Å². The first kappa shape index (κ1) is 9.30. The topological polar surface area (TPSA) is 12.0 Å². The molecular formula is C13H15N. The van der Waals surface area contributed by atoms with E-state index in [0.29, 0.717) is 6.04 Å². The van der Waals surface area contributed by atoms with Gasteiger partial charge in [0.25, 0.3) is 0 Å². The highest BCUT2D eigenvalue weighted by molar-refractivity contribution is 5.33. The molecule has 0 saturated heterocycles. The Morgan fingerprint density at radius 3 is 3.07 bits per heavy atom. The highest BCUT2D eigenvalue weighted by Gasteiger charge is 2.22. The Labute approximate surface area is 85.5 Å². The van der Waals surface area contributed by atoms with Gasteiger partial charge in [0, 0.05) is 12.0 Å². The van der Waals surface area contributed by atoms with Gasteiger partial charge in [0.05, 0.1) is 0 Å². The van der Waals surface area contributed by atoms with E-state index in [-0.39, 0.29) is 5.92 Å². The second kappa shape index (κ2) is 3.86. The minimum absolute atomic E-state index is 0.261. The lowest BCUT2D eigenvalue weighted by Gasteiger charge is -2.29. The molecule has 0 saturated carbocycles. The molecule has 14 heavy (non-hydrogen) atoms. The first-order chi connectivity index (χ1) is 6.83. The summed E-state index contributed by atoms with van der Waals surface area (Å²) in [7, 11) is 0. The van der Waals surface area contributed by atoms with Crippen LogP contribution >= 0.6 is 0 Å². The Morgan fingerprint density at radius 1 is 1.50 bits per heavy atom. The summed E-state index contributed by atoms with van der Waals surface area (Å²) in [5, 5.41) is 3.48. The number of fused-ring (bicyclic) bond motifs is 1. The maximum atomic E-state index is 5.47. The van der Waals surface area contributed by atoms with Crippen LogP contribution in [0.2, 0.25) is 0 Å². The average Bonchev–Trinajstić information content (AvgIpc) is 2.27. The lowest BCUT2D eigenvalue weighted by Crippen LogP contribution is -2.33. The SMILES string of the molecule is C#C[C@@H](C)C1NCCc2ccccc21. The van der Waals surface area contributed by atoms with Gasteiger partial charge >= 0.3 is 0 Å². The fourth-order valence-electron chi connectivity index (χ4n) is 2.08. The molecule has 1 N–H and O–H groups in total. The molecule has 1 nitrogen and oxygen atoms in total. The molecule has 2 rings (SSSR count). The van der Waals surface area contributed by atoms with Crippen LogP contribution in [0.5, 0.6) is 0 Å². The summed E-state index contributed by atoms with van der Waals surface area (Å²) >= 11 is 0. The third-order valence-electron chi connectivity index (χ3n) is 2.91. The molecule has 0 radical (unpaired) electrons. The zero-order valence-electron chi connectivity index (χ0n) is 8.46. The smallest absolute Gasteiger partial charge is 0.0459 e. The van der Waals surface area contributed by atoms with Gasteiger partial charge in [-0.15, -0.1) is 12.3 Å². The van der Waals surface area contributed by atoms with Crippen LogP contribution in [0.15, 0.2) is 24.3 Å². The van der Waals surface area contributed by atoms with E-state index in [2.05, 4.69) is 42.4 Å². The Bertz CT molecular complexity index is 362. The maximum Gasteiger partial charge on any atom is 0.0459 e. The molecule has 0 bridgehead atoms. The highest BCUT2D eigenvalue weighted by atomic mass is 14.9. The molecule has 1 aromatic carbocycles. The van der Waals surface area contributed by atoms with Crippen LogP contribution < -0.4 is 5.32 Å². The van der Waals surface area contributed by atoms with Crippen molar-refractivity contribution in [2.75, 3.05) is 6.54 Å². The number of nitrogens with one attached hydrogen (secondary N) is 1. The molecule has 1 aliphatic heterocycles. The van der Waals surface area contributed by atoms with Crippen molar-refractivity contribution in [1.29, 1.82) is 0 Å². The summed E-state index contributed by atoms with van der Waals surface area (Å²) in [5.41, 5.74) is 2.82. The standard InChI is InChI=1S/C13H15N/c1-3-10(2)13-12-7-5-4-6-11(12)8-9-14-13/h1,4-7,10,13-14H,8-9H2,2H3/t10-,13?/m1/s1. The van der Waals surface area contributed by atoms with Crippen LogP contribution in [0.25, 0.3) is 0 Å². The molecule has 0 amide bonds. The molecule has 1 heteroatoms. The van der Waals surface area contributed by atoms with Crippen LogP contribution in [0.1, 0.15) is 24.1 Å². The fraction of sp³-hybridized carbons (Fsp3) is 0.385. The minimum Gasteiger partial charge on any atom is -0.309 e. The Hall–Kier alpha value is -1.26. The summed E-state index contributed by atoms with van der Waals surface area (Å²) in [6, 6.07) is 8.90. The summed E-state index contributed by atoms with van der Waals surface area (Å²) < 4.78 is 0. The zero-order valence-corrected chi connectivity index (χ0v) is 8.46. The number of hydrogen-bond donors (Lipinski definition) is 1. The Morgan fingerprint density at radius 2 is 2.29 bits per heavy atom. The van der Waals surface area contributed by atoms with Crippen molar-refractivity contribution in [1.82, 2.24) is 5.32 Å². The zero-order chi connectivity index (χ0) is 9.97. The van der Waals surface area contributed by atoms with Crippen molar-refractivity contribution in [3.8, 4) is 12.3 Å². The van der Waals surface area contributed by atoms with Gasteiger partial charge in [-0.25, -0.2) is 0 Å². The molecule has 0 spiro atoms. The van der Waals surface area contributed by atoms with Crippen molar-refractivity contribution in [3.63, 3.8) is 0 Å². The molecular weight excluding hydrogens is 170 g/mol. The Kier molecular flexibility index (Phi) is 2.56. The molecule has 1 unspecified atom stereocenters. The van der Waals surface area contributed by atoms with Crippen molar-refractivity contribution >= 4 is 0 Å². The van der Waals surface area contributed by atoms with Crippen LogP contribution in [0.3, 0.4) is 0 Å². The quantitative estimate of drug-likeness (QED) is 0.661. The largest absolute Gasteiger partial charge is 0.309 e. The number of rotatable bonds is 1. The lowest BCUT2D eigenvalue weighted by atomic mass is 9.87. The van der Waals surface area contributed by atoms with Crippen LogP contribution in [-0.2, 0) is 6.42 Å². The summed E-state index contributed by atoms with van der Waals surface area (Å²) in [4.78, 5) is 0. The second-order valence-electron chi connectivity index (χ2n) is 3.84. The predicted octanol–water partition coefficient (Wildman–Crippen LogP) is 2.14. The van der Waals surface area contributed by atoms with Crippen molar-refractivity contribution < 1.29 is 0 Å². The van der Waals surface area contributed by atoms with E-state index in [1.54, 1.807) is 0 Å². The van der Waals surface area contributed by atoms with Crippen molar-refractivity contribution in [2.45, 2.75) is 19.4 Å². The first-order valence-corrected chi connectivity index (χ1v) is 5.10. The van der Waals surface area contributed by atoms with Gasteiger partial charge in [-0.3, -0.25) is 0 Å². The van der Waals surface area contributed by atoms with Gasteiger partial charge in [0.15, 0.2) is 0 Å². The first-order valence-electron chi connectivity index (χ1n) is 5.10. The third kappa shape index (κ3) is 1.54. The molecule has 0 aliphatic carbocycles. The maximum absolute atomic E-state index is 5.47. The lowest BCUT2D eigenvalue weighted by molar-refractivity contribution is 0.434. The molecule has 1 heterocycles. The molecule has 0 aromatic heterocycles. The minimum atomic E-state index is 0.261. The van der Waals surface area contributed by atoms with E-state index in [1.807, 2.05) is 0 Å². The summed E-state index contributed by atoms with van der Waals surface area (Å²) in [5.74, 6) is 3.07. The van der Waals surface area contributed by atoms with Crippen molar-refractivity contribution in [3.05, 3.63) is 35.4 Å². The van der Waals surface area contributed by atoms with Gasteiger partial charge in [-0.05, 0) is 31.0 Å². The third-order valence-corrected chi connectivity index (χ3v) is 2.91. The fourth-order valence-corrected chi connectivity index (χ4v) is 2.08. The molecule has 2 atom stereocenters.